The fourth-order valence-corrected chi connectivity index (χ4v) is 4.97. The molecule has 0 unspecified atom stereocenters. The van der Waals surface area contributed by atoms with E-state index in [4.69, 9.17) is 32.0 Å². The Bertz CT molecular complexity index is 1240. The second-order valence-electron chi connectivity index (χ2n) is 10.1. The number of ketones is 1. The molecule has 0 saturated carbocycles. The first-order valence-corrected chi connectivity index (χ1v) is 13.4. The summed E-state index contributed by atoms with van der Waals surface area (Å²) in [5.41, 5.74) is 8.53. The van der Waals surface area contributed by atoms with Gasteiger partial charge in [0.1, 0.15) is 24.3 Å². The molecule has 1 amide bonds. The van der Waals surface area contributed by atoms with Crippen molar-refractivity contribution in [3.05, 3.63) is 40.2 Å². The number of allylic oxidation sites excluding steroid dienone is 2. The van der Waals surface area contributed by atoms with E-state index < -0.39 is 6.10 Å². The maximum absolute atomic E-state index is 12.6. The van der Waals surface area contributed by atoms with Crippen molar-refractivity contribution in [3.63, 3.8) is 0 Å². The zero-order valence-corrected chi connectivity index (χ0v) is 24.3. The van der Waals surface area contributed by atoms with Crippen molar-refractivity contribution in [1.82, 2.24) is 20.2 Å². The lowest BCUT2D eigenvalue weighted by Gasteiger charge is -2.34. The van der Waals surface area contributed by atoms with E-state index in [1.807, 2.05) is 6.92 Å². The average Bonchev–Trinajstić information content (AvgIpc) is 2.88. The number of likely N-dealkylation sites (N-methyl/N-ethyl adjacent to an activating group) is 1. The fraction of sp³-hybridized carbons (Fsp3) is 0.500. The highest BCUT2D eigenvalue weighted by molar-refractivity contribution is 6.33. The van der Waals surface area contributed by atoms with Crippen LogP contribution in [0.1, 0.15) is 37.9 Å². The summed E-state index contributed by atoms with van der Waals surface area (Å²) in [4.78, 5) is 38.6. The van der Waals surface area contributed by atoms with Gasteiger partial charge < -0.3 is 30.7 Å². The zero-order chi connectivity index (χ0) is 28.9. The molecule has 3 rings (SSSR count). The van der Waals surface area contributed by atoms with Crippen molar-refractivity contribution < 1.29 is 19.4 Å². The lowest BCUT2D eigenvalue weighted by Crippen LogP contribution is -2.41. The number of nitrogens with zero attached hydrogens (tertiary/aromatic N) is 4. The first-order valence-electron chi connectivity index (χ1n) is 13.0. The summed E-state index contributed by atoms with van der Waals surface area (Å²) in [5.74, 6) is 1.36. The van der Waals surface area contributed by atoms with E-state index in [-0.39, 0.29) is 24.2 Å². The van der Waals surface area contributed by atoms with Gasteiger partial charge in [-0.15, -0.1) is 0 Å². The van der Waals surface area contributed by atoms with Crippen LogP contribution in [0.15, 0.2) is 23.9 Å². The summed E-state index contributed by atoms with van der Waals surface area (Å²) >= 11 is 6.61. The van der Waals surface area contributed by atoms with Gasteiger partial charge in [0, 0.05) is 56.5 Å². The summed E-state index contributed by atoms with van der Waals surface area (Å²) in [6.45, 7) is 6.75. The molecular formula is C28H39ClN6O4. The minimum Gasteiger partial charge on any atom is -0.491 e. The molecule has 11 heteroatoms. The van der Waals surface area contributed by atoms with Crippen LogP contribution >= 0.6 is 11.6 Å². The number of amides is 1. The van der Waals surface area contributed by atoms with E-state index in [0.717, 1.165) is 5.56 Å². The number of aromatic nitrogens is 2. The molecule has 0 bridgehead atoms. The number of benzene rings is 1. The first kappa shape index (κ1) is 30.3. The van der Waals surface area contributed by atoms with Crippen molar-refractivity contribution in [1.29, 1.82) is 0 Å². The molecule has 1 aliphatic rings. The molecule has 212 valence electrons. The number of nitrogens with one attached hydrogen (secondary N) is 1. The van der Waals surface area contributed by atoms with Crippen LogP contribution in [0.2, 0.25) is 5.02 Å². The second-order valence-corrected chi connectivity index (χ2v) is 10.5. The number of nitrogens with two attached hydrogens (primary N) is 1. The van der Waals surface area contributed by atoms with Gasteiger partial charge in [-0.25, -0.2) is 9.97 Å². The lowest BCUT2D eigenvalue weighted by molar-refractivity contribution is -0.133. The van der Waals surface area contributed by atoms with Crippen LogP contribution in [0, 0.1) is 12.8 Å². The number of aliphatic hydroxyl groups is 1. The van der Waals surface area contributed by atoms with E-state index in [9.17, 15) is 14.7 Å². The number of hydrogen-bond acceptors (Lipinski definition) is 9. The van der Waals surface area contributed by atoms with E-state index in [1.54, 1.807) is 51.2 Å². The Balaban J connectivity index is 2.07. The van der Waals surface area contributed by atoms with Crippen molar-refractivity contribution in [3.8, 4) is 17.1 Å². The Kier molecular flexibility index (Phi) is 10.3. The van der Waals surface area contributed by atoms with E-state index in [2.05, 4.69) is 10.2 Å². The molecule has 2 aromatic rings. The molecule has 10 nitrogen and oxygen atoms in total. The molecular weight excluding hydrogens is 520 g/mol. The van der Waals surface area contributed by atoms with Crippen molar-refractivity contribution in [2.24, 2.45) is 11.7 Å². The number of rotatable bonds is 10. The summed E-state index contributed by atoms with van der Waals surface area (Å²) < 4.78 is 5.78. The predicted molar refractivity (Wildman–Crippen MR) is 154 cm³/mol. The van der Waals surface area contributed by atoms with Crippen LogP contribution in [-0.4, -0.2) is 85.2 Å². The number of hydrogen-bond donors (Lipinski definition) is 3. The molecule has 0 aliphatic carbocycles. The van der Waals surface area contributed by atoms with E-state index >= 15 is 0 Å². The van der Waals surface area contributed by atoms with Crippen molar-refractivity contribution in [2.45, 2.75) is 39.7 Å². The predicted octanol–water partition coefficient (Wildman–Crippen LogP) is 2.65. The lowest BCUT2D eigenvalue weighted by atomic mass is 9.94. The SMILES string of the molecule is CNC[C@@H](O)COc1ccc(Cl)c(-c2nc(C(C(C)=O)=C(C)N)c(C)c(N3CCC(C(=O)N(C)C)CC3)n2)c1. The Morgan fingerprint density at radius 2 is 1.92 bits per heavy atom. The molecule has 1 aliphatic heterocycles. The molecule has 1 saturated heterocycles. The van der Waals surface area contributed by atoms with Gasteiger partial charge in [0.2, 0.25) is 5.91 Å². The van der Waals surface area contributed by atoms with Crippen LogP contribution in [0.25, 0.3) is 17.0 Å². The van der Waals surface area contributed by atoms with Crippen LogP contribution in [0.5, 0.6) is 5.75 Å². The van der Waals surface area contributed by atoms with Gasteiger partial charge in [0.15, 0.2) is 11.6 Å². The molecule has 1 aromatic carbocycles. The van der Waals surface area contributed by atoms with Crippen LogP contribution < -0.4 is 20.7 Å². The highest BCUT2D eigenvalue weighted by Gasteiger charge is 2.29. The third-order valence-electron chi connectivity index (χ3n) is 6.75. The molecule has 4 N–H and O–H groups in total. The van der Waals surface area contributed by atoms with Crippen LogP contribution in [-0.2, 0) is 9.59 Å². The average molecular weight is 559 g/mol. The largest absolute Gasteiger partial charge is 0.491 e. The molecule has 39 heavy (non-hydrogen) atoms. The van der Waals surface area contributed by atoms with Crippen LogP contribution in [0.4, 0.5) is 5.82 Å². The quantitative estimate of drug-likeness (QED) is 0.376. The minimum absolute atomic E-state index is 0.0437. The normalized spacial score (nSPS) is 15.5. The van der Waals surface area contributed by atoms with E-state index in [0.29, 0.717) is 77.4 Å². The summed E-state index contributed by atoms with van der Waals surface area (Å²) in [6, 6.07) is 5.12. The second kappa shape index (κ2) is 13.2. The van der Waals surface area contributed by atoms with Crippen molar-refractivity contribution >= 4 is 34.7 Å². The zero-order valence-electron chi connectivity index (χ0n) is 23.5. The van der Waals surface area contributed by atoms with Gasteiger partial charge in [-0.1, -0.05) is 11.6 Å². The first-order chi connectivity index (χ1) is 18.4. The van der Waals surface area contributed by atoms with Gasteiger partial charge in [0.05, 0.1) is 16.3 Å². The van der Waals surface area contributed by atoms with Gasteiger partial charge in [-0.3, -0.25) is 9.59 Å². The third-order valence-corrected chi connectivity index (χ3v) is 7.08. The summed E-state index contributed by atoms with van der Waals surface area (Å²) in [6.07, 6.45) is 0.700. The number of halogens is 1. The standard InChI is InChI=1S/C28H39ClN6O4/c1-16-25(24(17(2)30)18(3)36)32-26(22-13-21(7-8-23(22)29)39-15-20(37)14-31-4)33-27(16)35-11-9-19(10-12-35)28(38)34(5)6/h7-8,13,19-20,31,37H,9-12,14-15,30H2,1-6H3/t20-/m1/s1. The summed E-state index contributed by atoms with van der Waals surface area (Å²) in [7, 11) is 5.30. The number of piperidine rings is 1. The summed E-state index contributed by atoms with van der Waals surface area (Å²) in [5, 5.41) is 13.3. The van der Waals surface area contributed by atoms with E-state index in [1.165, 1.54) is 6.92 Å². The number of carbonyl (C=O) groups excluding carboxylic acids is 2. The van der Waals surface area contributed by atoms with Gasteiger partial charge in [-0.05, 0) is 58.9 Å². The molecule has 1 atom stereocenters. The number of carbonyl (C=O) groups is 2. The Morgan fingerprint density at radius 1 is 1.26 bits per heavy atom. The minimum atomic E-state index is -0.680. The monoisotopic (exact) mass is 558 g/mol. The molecule has 1 fully saturated rings. The number of ether oxygens (including phenoxy) is 1. The Labute approximate surface area is 235 Å². The molecule has 0 radical (unpaired) electrons. The third kappa shape index (κ3) is 7.26. The van der Waals surface area contributed by atoms with Gasteiger partial charge >= 0.3 is 0 Å². The van der Waals surface area contributed by atoms with Crippen molar-refractivity contribution in [2.75, 3.05) is 52.3 Å². The maximum atomic E-state index is 12.6. The van der Waals surface area contributed by atoms with Gasteiger partial charge in [-0.2, -0.15) is 0 Å². The number of Topliss-reactive ketones (excluding diaryl/α,β-unsaturated/α-hetero) is 1. The Hall–Kier alpha value is -3.21. The van der Waals surface area contributed by atoms with Crippen LogP contribution in [0.3, 0.4) is 0 Å². The smallest absolute Gasteiger partial charge is 0.225 e. The number of anilines is 1. The molecule has 1 aromatic heterocycles. The topological polar surface area (TPSA) is 134 Å². The number of aliphatic hydroxyl groups excluding tert-OH is 1. The Morgan fingerprint density at radius 3 is 2.49 bits per heavy atom. The fourth-order valence-electron chi connectivity index (χ4n) is 4.76. The highest BCUT2D eigenvalue weighted by atomic mass is 35.5. The maximum Gasteiger partial charge on any atom is 0.225 e. The highest BCUT2D eigenvalue weighted by Crippen LogP contribution is 2.35. The molecule has 0 spiro atoms. The van der Waals surface area contributed by atoms with Gasteiger partial charge in [0.25, 0.3) is 0 Å². The molecule has 2 heterocycles.